The molecule has 0 heterocycles. The summed E-state index contributed by atoms with van der Waals surface area (Å²) in [7, 11) is 2.17. The summed E-state index contributed by atoms with van der Waals surface area (Å²) in [5.74, 6) is 0. The van der Waals surface area contributed by atoms with Crippen molar-refractivity contribution < 1.29 is 5.11 Å². The molecule has 2 nitrogen and oxygen atoms in total. The first-order chi connectivity index (χ1) is 7.58. The maximum Gasteiger partial charge on any atom is 0.0774 e. The molecule has 0 aromatic rings. The van der Waals surface area contributed by atoms with Gasteiger partial charge < -0.3 is 10.0 Å². The number of alkyl halides is 1. The van der Waals surface area contributed by atoms with Crippen LogP contribution in [0.5, 0.6) is 0 Å². The van der Waals surface area contributed by atoms with Gasteiger partial charge in [-0.15, -0.1) is 0 Å². The van der Waals surface area contributed by atoms with Crippen LogP contribution in [0, 0.1) is 5.41 Å². The van der Waals surface area contributed by atoms with Gasteiger partial charge in [0.25, 0.3) is 0 Å². The molecule has 0 radical (unpaired) electrons. The molecule has 0 spiro atoms. The standard InChI is InChI=1S/C13H24BrNO/c1-15(10-12(9-14)5-4-6-12)11-13(16)7-2-3-8-13/h16H,2-11H2,1H3. The molecule has 0 aromatic heterocycles. The van der Waals surface area contributed by atoms with E-state index < -0.39 is 0 Å². The van der Waals surface area contributed by atoms with Crippen molar-refractivity contribution in [1.82, 2.24) is 4.90 Å². The Bertz CT molecular complexity index is 225. The highest BCUT2D eigenvalue weighted by Crippen LogP contribution is 2.43. The average molecular weight is 290 g/mol. The van der Waals surface area contributed by atoms with Crippen molar-refractivity contribution in [2.24, 2.45) is 5.41 Å². The minimum absolute atomic E-state index is 0.383. The number of likely N-dealkylation sites (N-methyl/N-ethyl adjacent to an activating group) is 1. The van der Waals surface area contributed by atoms with Gasteiger partial charge in [0.2, 0.25) is 0 Å². The van der Waals surface area contributed by atoms with Gasteiger partial charge in [0.1, 0.15) is 0 Å². The Labute approximate surface area is 108 Å². The minimum Gasteiger partial charge on any atom is -0.389 e. The third-order valence-electron chi connectivity index (χ3n) is 4.40. The summed E-state index contributed by atoms with van der Waals surface area (Å²) in [5.41, 5.74) is 0.121. The van der Waals surface area contributed by atoms with E-state index in [0.717, 1.165) is 31.3 Å². The monoisotopic (exact) mass is 289 g/mol. The summed E-state index contributed by atoms with van der Waals surface area (Å²) in [6, 6.07) is 0. The summed E-state index contributed by atoms with van der Waals surface area (Å²) in [6.07, 6.45) is 8.48. The highest BCUT2D eigenvalue weighted by Gasteiger charge is 2.39. The zero-order valence-corrected chi connectivity index (χ0v) is 11.9. The van der Waals surface area contributed by atoms with Gasteiger partial charge in [0.15, 0.2) is 0 Å². The van der Waals surface area contributed by atoms with Crippen LogP contribution in [0.2, 0.25) is 0 Å². The van der Waals surface area contributed by atoms with Crippen LogP contribution < -0.4 is 0 Å². The Hall–Kier alpha value is 0.400. The topological polar surface area (TPSA) is 23.5 Å². The van der Waals surface area contributed by atoms with Crippen molar-refractivity contribution in [2.45, 2.75) is 50.5 Å². The molecule has 2 aliphatic rings. The van der Waals surface area contributed by atoms with Crippen LogP contribution in [0.4, 0.5) is 0 Å². The molecule has 0 amide bonds. The summed E-state index contributed by atoms with van der Waals surface area (Å²) in [4.78, 5) is 2.35. The van der Waals surface area contributed by atoms with E-state index in [2.05, 4.69) is 27.9 Å². The van der Waals surface area contributed by atoms with Crippen LogP contribution in [0.1, 0.15) is 44.9 Å². The quantitative estimate of drug-likeness (QED) is 0.787. The highest BCUT2D eigenvalue weighted by atomic mass is 79.9. The van der Waals surface area contributed by atoms with E-state index in [9.17, 15) is 5.11 Å². The molecule has 2 saturated carbocycles. The number of halogens is 1. The van der Waals surface area contributed by atoms with Gasteiger partial charge in [-0.25, -0.2) is 0 Å². The van der Waals surface area contributed by atoms with E-state index in [1.165, 1.54) is 32.1 Å². The van der Waals surface area contributed by atoms with E-state index in [1.54, 1.807) is 0 Å². The zero-order valence-electron chi connectivity index (χ0n) is 10.3. The molecule has 0 aromatic carbocycles. The third kappa shape index (κ3) is 2.80. The van der Waals surface area contributed by atoms with Crippen molar-refractivity contribution in [1.29, 1.82) is 0 Å². The molecule has 0 unspecified atom stereocenters. The average Bonchev–Trinajstić information content (AvgIpc) is 2.58. The van der Waals surface area contributed by atoms with Crippen LogP contribution >= 0.6 is 15.9 Å². The van der Waals surface area contributed by atoms with Crippen LogP contribution in [0.25, 0.3) is 0 Å². The van der Waals surface area contributed by atoms with E-state index in [4.69, 9.17) is 0 Å². The Morgan fingerprint density at radius 1 is 1.06 bits per heavy atom. The number of rotatable bonds is 5. The van der Waals surface area contributed by atoms with Crippen LogP contribution in [0.3, 0.4) is 0 Å². The second-order valence-electron chi connectivity index (χ2n) is 6.09. The SMILES string of the molecule is CN(CC1(O)CCCC1)CC1(CBr)CCC1. The predicted octanol–water partition coefficient (Wildman–Crippen LogP) is 2.79. The Morgan fingerprint density at radius 2 is 1.69 bits per heavy atom. The second kappa shape index (κ2) is 4.95. The highest BCUT2D eigenvalue weighted by molar-refractivity contribution is 9.09. The number of aliphatic hydroxyl groups is 1. The molecule has 94 valence electrons. The molecule has 0 aliphatic heterocycles. The number of hydrogen-bond donors (Lipinski definition) is 1. The first-order valence-corrected chi connectivity index (χ1v) is 7.67. The molecule has 1 N–H and O–H groups in total. The lowest BCUT2D eigenvalue weighted by Gasteiger charge is -2.44. The van der Waals surface area contributed by atoms with E-state index >= 15 is 0 Å². The Balaban J connectivity index is 1.81. The number of hydrogen-bond acceptors (Lipinski definition) is 2. The molecule has 16 heavy (non-hydrogen) atoms. The fourth-order valence-electron chi connectivity index (χ4n) is 3.33. The Kier molecular flexibility index (Phi) is 3.97. The first kappa shape index (κ1) is 12.8. The van der Waals surface area contributed by atoms with Gasteiger partial charge in [0.05, 0.1) is 5.60 Å². The molecular weight excluding hydrogens is 266 g/mol. The largest absolute Gasteiger partial charge is 0.389 e. The van der Waals surface area contributed by atoms with Crippen molar-refractivity contribution >= 4 is 15.9 Å². The van der Waals surface area contributed by atoms with Gasteiger partial charge in [-0.2, -0.15) is 0 Å². The fraction of sp³-hybridized carbons (Fsp3) is 1.00. The summed E-state index contributed by atoms with van der Waals surface area (Å²) in [5, 5.41) is 11.5. The van der Waals surface area contributed by atoms with Crippen LogP contribution in [-0.2, 0) is 0 Å². The minimum atomic E-state index is -0.383. The Morgan fingerprint density at radius 3 is 2.12 bits per heavy atom. The van der Waals surface area contributed by atoms with E-state index in [0.29, 0.717) is 5.41 Å². The maximum absolute atomic E-state index is 10.4. The lowest BCUT2D eigenvalue weighted by molar-refractivity contribution is -0.00178. The van der Waals surface area contributed by atoms with Gasteiger partial charge in [-0.3, -0.25) is 0 Å². The molecule has 0 atom stereocenters. The van der Waals surface area contributed by atoms with E-state index in [1.807, 2.05) is 0 Å². The normalized spacial score (nSPS) is 27.0. The smallest absolute Gasteiger partial charge is 0.0774 e. The fourth-order valence-corrected chi connectivity index (χ4v) is 4.07. The van der Waals surface area contributed by atoms with Crippen molar-refractivity contribution in [2.75, 3.05) is 25.5 Å². The van der Waals surface area contributed by atoms with Gasteiger partial charge in [-0.1, -0.05) is 35.2 Å². The zero-order chi connectivity index (χ0) is 11.6. The lowest BCUT2D eigenvalue weighted by atomic mass is 9.70. The van der Waals surface area contributed by atoms with Gasteiger partial charge in [-0.05, 0) is 38.1 Å². The van der Waals surface area contributed by atoms with Crippen LogP contribution in [-0.4, -0.2) is 41.1 Å². The lowest BCUT2D eigenvalue weighted by Crippen LogP contribution is -2.47. The second-order valence-corrected chi connectivity index (χ2v) is 6.65. The first-order valence-electron chi connectivity index (χ1n) is 6.55. The van der Waals surface area contributed by atoms with Gasteiger partial charge >= 0.3 is 0 Å². The van der Waals surface area contributed by atoms with E-state index in [-0.39, 0.29) is 5.60 Å². The molecule has 3 heteroatoms. The summed E-state index contributed by atoms with van der Waals surface area (Å²) >= 11 is 3.65. The van der Waals surface area contributed by atoms with Crippen molar-refractivity contribution in [3.63, 3.8) is 0 Å². The summed E-state index contributed by atoms with van der Waals surface area (Å²) < 4.78 is 0. The molecule has 2 rings (SSSR count). The molecule has 0 saturated heterocycles. The summed E-state index contributed by atoms with van der Waals surface area (Å²) in [6.45, 7) is 2.00. The van der Waals surface area contributed by atoms with Crippen molar-refractivity contribution in [3.05, 3.63) is 0 Å². The molecule has 2 fully saturated rings. The molecular formula is C13H24BrNO. The number of nitrogens with zero attached hydrogens (tertiary/aromatic N) is 1. The molecule has 2 aliphatic carbocycles. The third-order valence-corrected chi connectivity index (χ3v) is 5.59. The molecule has 0 bridgehead atoms. The van der Waals surface area contributed by atoms with Crippen LogP contribution in [0.15, 0.2) is 0 Å². The van der Waals surface area contributed by atoms with Gasteiger partial charge in [0, 0.05) is 18.4 Å². The van der Waals surface area contributed by atoms with Crippen molar-refractivity contribution in [3.8, 4) is 0 Å². The maximum atomic E-state index is 10.4. The predicted molar refractivity (Wildman–Crippen MR) is 71.0 cm³/mol.